The number of hydrogen-bond acceptors (Lipinski definition) is 6. The molecule has 0 fully saturated rings. The standard InChI is InChI=1S/C13H25N5O2/c1-6-7-14-10(5)12-17-18-13(20-12)16-9(4)11(19)15-8(2)3/h8-10,14H,6-7H2,1-5H3,(H,15,19)(H,16,18). The molecule has 1 heterocycles. The topological polar surface area (TPSA) is 92.1 Å². The quantitative estimate of drug-likeness (QED) is 0.669. The third kappa shape index (κ3) is 5.16. The van der Waals surface area contributed by atoms with Crippen molar-refractivity contribution < 1.29 is 9.21 Å². The number of hydrogen-bond donors (Lipinski definition) is 3. The number of amides is 1. The zero-order chi connectivity index (χ0) is 15.1. The average molecular weight is 283 g/mol. The minimum Gasteiger partial charge on any atom is -0.406 e. The highest BCUT2D eigenvalue weighted by atomic mass is 16.4. The second kappa shape index (κ2) is 7.84. The van der Waals surface area contributed by atoms with Gasteiger partial charge in [-0.15, -0.1) is 5.10 Å². The molecular weight excluding hydrogens is 258 g/mol. The third-order valence-corrected chi connectivity index (χ3v) is 2.68. The first-order valence-corrected chi connectivity index (χ1v) is 7.07. The first kappa shape index (κ1) is 16.4. The summed E-state index contributed by atoms with van der Waals surface area (Å²) in [5, 5.41) is 16.8. The van der Waals surface area contributed by atoms with Gasteiger partial charge < -0.3 is 20.4 Å². The Morgan fingerprint density at radius 2 is 1.95 bits per heavy atom. The van der Waals surface area contributed by atoms with E-state index < -0.39 is 6.04 Å². The Labute approximate surface area is 119 Å². The lowest BCUT2D eigenvalue weighted by Crippen LogP contribution is -2.41. The van der Waals surface area contributed by atoms with Gasteiger partial charge in [-0.3, -0.25) is 4.79 Å². The van der Waals surface area contributed by atoms with Crippen LogP contribution in [0.5, 0.6) is 0 Å². The van der Waals surface area contributed by atoms with Gasteiger partial charge in [0.15, 0.2) is 0 Å². The van der Waals surface area contributed by atoms with E-state index in [1.165, 1.54) is 0 Å². The maximum absolute atomic E-state index is 11.8. The van der Waals surface area contributed by atoms with Gasteiger partial charge in [-0.25, -0.2) is 0 Å². The van der Waals surface area contributed by atoms with Gasteiger partial charge in [-0.2, -0.15) is 0 Å². The monoisotopic (exact) mass is 283 g/mol. The summed E-state index contributed by atoms with van der Waals surface area (Å²) < 4.78 is 5.49. The molecule has 0 aliphatic heterocycles. The zero-order valence-corrected chi connectivity index (χ0v) is 12.9. The molecule has 0 radical (unpaired) electrons. The number of carbonyl (C=O) groups excluding carboxylic acids is 1. The molecule has 0 aromatic carbocycles. The molecule has 0 aliphatic carbocycles. The Balaban J connectivity index is 2.53. The number of aromatic nitrogens is 2. The van der Waals surface area contributed by atoms with Crippen LogP contribution in [0.15, 0.2) is 4.42 Å². The largest absolute Gasteiger partial charge is 0.406 e. The summed E-state index contributed by atoms with van der Waals surface area (Å²) in [4.78, 5) is 11.8. The predicted octanol–water partition coefficient (Wildman–Crippen LogP) is 1.46. The van der Waals surface area contributed by atoms with E-state index in [-0.39, 0.29) is 24.0 Å². The van der Waals surface area contributed by atoms with E-state index in [4.69, 9.17) is 4.42 Å². The van der Waals surface area contributed by atoms with Crippen molar-refractivity contribution in [1.29, 1.82) is 0 Å². The van der Waals surface area contributed by atoms with Crippen LogP contribution in [-0.4, -0.2) is 34.7 Å². The number of nitrogens with one attached hydrogen (secondary N) is 3. The van der Waals surface area contributed by atoms with Crippen LogP contribution >= 0.6 is 0 Å². The molecule has 0 aliphatic rings. The molecule has 20 heavy (non-hydrogen) atoms. The molecular formula is C13H25N5O2. The van der Waals surface area contributed by atoms with Crippen molar-refractivity contribution in [3.63, 3.8) is 0 Å². The molecule has 3 N–H and O–H groups in total. The molecule has 114 valence electrons. The molecule has 7 nitrogen and oxygen atoms in total. The van der Waals surface area contributed by atoms with Crippen LogP contribution in [0.4, 0.5) is 6.01 Å². The van der Waals surface area contributed by atoms with Crippen molar-refractivity contribution in [2.75, 3.05) is 11.9 Å². The zero-order valence-electron chi connectivity index (χ0n) is 12.9. The highest BCUT2D eigenvalue weighted by Gasteiger charge is 2.18. The third-order valence-electron chi connectivity index (χ3n) is 2.68. The van der Waals surface area contributed by atoms with Gasteiger partial charge in [-0.05, 0) is 40.7 Å². The van der Waals surface area contributed by atoms with Crippen molar-refractivity contribution in [3.05, 3.63) is 5.89 Å². The second-order valence-corrected chi connectivity index (χ2v) is 5.15. The van der Waals surface area contributed by atoms with Gasteiger partial charge in [0.2, 0.25) is 11.8 Å². The Bertz CT molecular complexity index is 419. The Morgan fingerprint density at radius 3 is 2.55 bits per heavy atom. The summed E-state index contributed by atoms with van der Waals surface area (Å²) in [6, 6.07) is -0.0674. The first-order valence-electron chi connectivity index (χ1n) is 7.07. The molecule has 1 amide bonds. The number of nitrogens with zero attached hydrogens (tertiary/aromatic N) is 2. The molecule has 1 aromatic heterocycles. The fraction of sp³-hybridized carbons (Fsp3) is 0.769. The predicted molar refractivity (Wildman–Crippen MR) is 77.4 cm³/mol. The lowest BCUT2D eigenvalue weighted by Gasteiger charge is -2.14. The maximum Gasteiger partial charge on any atom is 0.316 e. The van der Waals surface area contributed by atoms with Gasteiger partial charge in [0.1, 0.15) is 6.04 Å². The van der Waals surface area contributed by atoms with E-state index in [1.807, 2.05) is 20.8 Å². The van der Waals surface area contributed by atoms with Crippen molar-refractivity contribution >= 4 is 11.9 Å². The van der Waals surface area contributed by atoms with Crippen LogP contribution in [0.25, 0.3) is 0 Å². The van der Waals surface area contributed by atoms with Gasteiger partial charge >= 0.3 is 6.01 Å². The highest BCUT2D eigenvalue weighted by Crippen LogP contribution is 2.14. The molecule has 1 aromatic rings. The summed E-state index contributed by atoms with van der Waals surface area (Å²) in [5.74, 6) is 0.411. The van der Waals surface area contributed by atoms with Gasteiger partial charge in [0.05, 0.1) is 6.04 Å². The van der Waals surface area contributed by atoms with E-state index in [0.29, 0.717) is 5.89 Å². The van der Waals surface area contributed by atoms with E-state index in [2.05, 4.69) is 33.1 Å². The average Bonchev–Trinajstić information content (AvgIpc) is 2.83. The molecule has 0 spiro atoms. The van der Waals surface area contributed by atoms with Crippen LogP contribution in [0, 0.1) is 0 Å². The van der Waals surface area contributed by atoms with Crippen molar-refractivity contribution in [2.24, 2.45) is 0 Å². The Morgan fingerprint density at radius 1 is 1.25 bits per heavy atom. The van der Waals surface area contributed by atoms with Gasteiger partial charge in [0, 0.05) is 6.04 Å². The minimum absolute atomic E-state index is 0.00204. The molecule has 7 heteroatoms. The molecule has 0 saturated heterocycles. The maximum atomic E-state index is 11.8. The first-order chi connectivity index (χ1) is 9.43. The van der Waals surface area contributed by atoms with Crippen molar-refractivity contribution in [3.8, 4) is 0 Å². The molecule has 0 saturated carbocycles. The molecule has 2 atom stereocenters. The Hall–Kier alpha value is -1.63. The summed E-state index contributed by atoms with van der Waals surface area (Å²) in [5.41, 5.74) is 0. The normalized spacial score (nSPS) is 14.1. The lowest BCUT2D eigenvalue weighted by molar-refractivity contribution is -0.122. The summed E-state index contributed by atoms with van der Waals surface area (Å²) in [6.07, 6.45) is 1.04. The molecule has 1 rings (SSSR count). The minimum atomic E-state index is -0.426. The van der Waals surface area contributed by atoms with E-state index in [0.717, 1.165) is 13.0 Å². The number of rotatable bonds is 8. The van der Waals surface area contributed by atoms with Crippen LogP contribution in [-0.2, 0) is 4.79 Å². The summed E-state index contributed by atoms with van der Waals surface area (Å²) >= 11 is 0. The second-order valence-electron chi connectivity index (χ2n) is 5.15. The smallest absolute Gasteiger partial charge is 0.316 e. The van der Waals surface area contributed by atoms with E-state index in [1.54, 1.807) is 6.92 Å². The van der Waals surface area contributed by atoms with Crippen molar-refractivity contribution in [1.82, 2.24) is 20.8 Å². The van der Waals surface area contributed by atoms with Gasteiger partial charge in [0.25, 0.3) is 0 Å². The van der Waals surface area contributed by atoms with Crippen LogP contribution in [0.2, 0.25) is 0 Å². The molecule has 0 bridgehead atoms. The Kier molecular flexibility index (Phi) is 6.44. The van der Waals surface area contributed by atoms with E-state index >= 15 is 0 Å². The fourth-order valence-electron chi connectivity index (χ4n) is 1.58. The summed E-state index contributed by atoms with van der Waals surface area (Å²) in [7, 11) is 0. The lowest BCUT2D eigenvalue weighted by atomic mass is 10.3. The summed E-state index contributed by atoms with van der Waals surface area (Å²) in [6.45, 7) is 10.5. The van der Waals surface area contributed by atoms with Crippen LogP contribution < -0.4 is 16.0 Å². The fourth-order valence-corrected chi connectivity index (χ4v) is 1.58. The van der Waals surface area contributed by atoms with Crippen LogP contribution in [0.3, 0.4) is 0 Å². The van der Waals surface area contributed by atoms with Crippen molar-refractivity contribution in [2.45, 2.75) is 59.2 Å². The number of carbonyl (C=O) groups is 1. The molecule has 2 unspecified atom stereocenters. The van der Waals surface area contributed by atoms with Gasteiger partial charge in [-0.1, -0.05) is 12.0 Å². The SMILES string of the molecule is CCCNC(C)c1nnc(NC(C)C(=O)NC(C)C)o1. The number of anilines is 1. The van der Waals surface area contributed by atoms with Crippen LogP contribution in [0.1, 0.15) is 53.0 Å². The van der Waals surface area contributed by atoms with E-state index in [9.17, 15) is 4.79 Å². The highest BCUT2D eigenvalue weighted by molar-refractivity contribution is 5.83.